The molecule has 1 rings (SSSR count). The molecule has 30 heavy (non-hydrogen) atoms. The Kier molecular flexibility index (Phi) is 12.6. The van der Waals surface area contributed by atoms with E-state index in [1.165, 1.54) is 21.0 Å². The second-order valence-corrected chi connectivity index (χ2v) is 7.87. The summed E-state index contributed by atoms with van der Waals surface area (Å²) in [6, 6.07) is 6.07. The van der Waals surface area contributed by atoms with Gasteiger partial charge in [-0.25, -0.2) is 0 Å². The molecule has 0 aliphatic rings. The minimum absolute atomic E-state index is 0.0804. The van der Waals surface area contributed by atoms with E-state index in [4.69, 9.17) is 14.2 Å². The predicted octanol–water partition coefficient (Wildman–Crippen LogP) is 2.97. The van der Waals surface area contributed by atoms with Gasteiger partial charge in [-0.15, -0.1) is 0 Å². The molecule has 0 radical (unpaired) electrons. The summed E-state index contributed by atoms with van der Waals surface area (Å²) < 4.78 is 16.1. The zero-order chi connectivity index (χ0) is 22.4. The first-order valence-electron chi connectivity index (χ1n) is 9.93. The molecule has 0 heterocycles. The molecule has 1 aromatic carbocycles. The Morgan fingerprint density at radius 1 is 1.17 bits per heavy atom. The second-order valence-electron chi connectivity index (χ2n) is 6.65. The Bertz CT molecular complexity index is 685. The molecular formula is C21H32N2O6S. The molecule has 0 fully saturated rings. The van der Waals surface area contributed by atoms with Gasteiger partial charge in [-0.05, 0) is 24.3 Å². The second kappa shape index (κ2) is 14.7. The van der Waals surface area contributed by atoms with Gasteiger partial charge in [0, 0.05) is 44.9 Å². The number of carbonyl (C=O) groups is 3. The molecule has 2 N–H and O–H groups in total. The summed E-state index contributed by atoms with van der Waals surface area (Å²) in [6.07, 6.45) is 1.63. The van der Waals surface area contributed by atoms with E-state index in [9.17, 15) is 14.4 Å². The number of unbranched alkanes of at least 4 members (excludes halogenated alkanes) is 1. The topological polar surface area (TPSA) is 103 Å². The van der Waals surface area contributed by atoms with Crippen LogP contribution in [0.2, 0.25) is 0 Å². The first-order valence-corrected chi connectivity index (χ1v) is 11.1. The van der Waals surface area contributed by atoms with Crippen LogP contribution in [0.25, 0.3) is 0 Å². The van der Waals surface area contributed by atoms with Crippen LogP contribution in [-0.2, 0) is 23.9 Å². The van der Waals surface area contributed by atoms with Crippen LogP contribution in [0.5, 0.6) is 5.75 Å². The molecule has 2 atom stereocenters. The van der Waals surface area contributed by atoms with Crippen molar-refractivity contribution >= 4 is 35.2 Å². The third kappa shape index (κ3) is 11.1. The molecule has 9 heteroatoms. The number of anilines is 1. The molecule has 0 spiro atoms. The normalized spacial score (nSPS) is 12.5. The predicted molar refractivity (Wildman–Crippen MR) is 118 cm³/mol. The van der Waals surface area contributed by atoms with Crippen LogP contribution in [0.1, 0.15) is 40.0 Å². The molecule has 0 saturated heterocycles. The van der Waals surface area contributed by atoms with Crippen LogP contribution in [-0.4, -0.2) is 55.3 Å². The number of hydrogen-bond acceptors (Lipinski definition) is 7. The standard InChI is InChI=1S/C21H32N2O6S/c1-5-6-11-30-12-10-20(26)23-17-8-7-9-18(13-17)29-21(28-16(3)25)19(14-27-4)22-15(2)24/h7-9,13,19,21H,5-6,10-12,14H2,1-4H3,(H,22,24)(H,23,26). The molecule has 8 nitrogen and oxygen atoms in total. The summed E-state index contributed by atoms with van der Waals surface area (Å²) in [4.78, 5) is 35.1. The number of hydrogen-bond donors (Lipinski definition) is 2. The van der Waals surface area contributed by atoms with Crippen LogP contribution in [0.15, 0.2) is 24.3 Å². The van der Waals surface area contributed by atoms with Crippen molar-refractivity contribution in [3.8, 4) is 5.75 Å². The number of amides is 2. The van der Waals surface area contributed by atoms with Crippen molar-refractivity contribution in [1.29, 1.82) is 0 Å². The number of methoxy groups -OCH3 is 1. The molecule has 168 valence electrons. The molecule has 0 aliphatic carbocycles. The first-order chi connectivity index (χ1) is 14.3. The molecule has 2 unspecified atom stereocenters. The largest absolute Gasteiger partial charge is 0.452 e. The highest BCUT2D eigenvalue weighted by atomic mass is 32.2. The van der Waals surface area contributed by atoms with Gasteiger partial charge in [0.25, 0.3) is 6.29 Å². The minimum atomic E-state index is -1.09. The lowest BCUT2D eigenvalue weighted by atomic mass is 10.2. The van der Waals surface area contributed by atoms with Gasteiger partial charge in [0.15, 0.2) is 0 Å². The van der Waals surface area contributed by atoms with Crippen molar-refractivity contribution in [3.63, 3.8) is 0 Å². The maximum atomic E-state index is 12.1. The SMILES string of the molecule is CCCCSCCC(=O)Nc1cccc(OC(OC(C)=O)C(COC)NC(C)=O)c1. The zero-order valence-electron chi connectivity index (χ0n) is 18.1. The molecule has 1 aromatic rings. The van der Waals surface area contributed by atoms with Crippen LogP contribution in [0.3, 0.4) is 0 Å². The Morgan fingerprint density at radius 2 is 1.93 bits per heavy atom. The lowest BCUT2D eigenvalue weighted by molar-refractivity contribution is -0.168. The van der Waals surface area contributed by atoms with Crippen molar-refractivity contribution in [2.45, 2.75) is 52.4 Å². The number of esters is 1. The van der Waals surface area contributed by atoms with E-state index >= 15 is 0 Å². The monoisotopic (exact) mass is 440 g/mol. The fourth-order valence-corrected chi connectivity index (χ4v) is 3.53. The highest BCUT2D eigenvalue weighted by molar-refractivity contribution is 7.99. The highest BCUT2D eigenvalue weighted by Gasteiger charge is 2.27. The summed E-state index contributed by atoms with van der Waals surface area (Å²) in [5.74, 6) is 1.26. The molecule has 0 aromatic heterocycles. The molecule has 0 bridgehead atoms. The lowest BCUT2D eigenvalue weighted by Gasteiger charge is -2.27. The van der Waals surface area contributed by atoms with Crippen LogP contribution in [0.4, 0.5) is 5.69 Å². The van der Waals surface area contributed by atoms with Crippen LogP contribution in [0, 0.1) is 0 Å². The van der Waals surface area contributed by atoms with Gasteiger partial charge in [-0.1, -0.05) is 19.4 Å². The van der Waals surface area contributed by atoms with Gasteiger partial charge in [0.2, 0.25) is 11.8 Å². The Labute approximate surface area is 182 Å². The molecule has 2 amide bonds. The van der Waals surface area contributed by atoms with E-state index in [2.05, 4.69) is 17.6 Å². The summed E-state index contributed by atoms with van der Waals surface area (Å²) in [6.45, 7) is 4.83. The minimum Gasteiger partial charge on any atom is -0.452 e. The smallest absolute Gasteiger partial charge is 0.305 e. The van der Waals surface area contributed by atoms with Crippen LogP contribution >= 0.6 is 11.8 Å². The van der Waals surface area contributed by atoms with Crippen molar-refractivity contribution in [1.82, 2.24) is 5.32 Å². The number of benzene rings is 1. The fourth-order valence-electron chi connectivity index (χ4n) is 2.50. The number of nitrogens with one attached hydrogen (secondary N) is 2. The van der Waals surface area contributed by atoms with Gasteiger partial charge in [-0.2, -0.15) is 11.8 Å². The average molecular weight is 441 g/mol. The summed E-state index contributed by atoms with van der Waals surface area (Å²) in [5.41, 5.74) is 0.570. The van der Waals surface area contributed by atoms with Gasteiger partial charge < -0.3 is 24.8 Å². The number of rotatable bonds is 14. The molecular weight excluding hydrogens is 408 g/mol. The highest BCUT2D eigenvalue weighted by Crippen LogP contribution is 2.20. The van der Waals surface area contributed by atoms with Crippen molar-refractivity contribution in [2.24, 2.45) is 0 Å². The lowest BCUT2D eigenvalue weighted by Crippen LogP contribution is -2.49. The average Bonchev–Trinajstić information content (AvgIpc) is 2.66. The third-order valence-electron chi connectivity index (χ3n) is 3.83. The number of carbonyl (C=O) groups excluding carboxylic acids is 3. The van der Waals surface area contributed by atoms with Crippen molar-refractivity contribution < 1.29 is 28.6 Å². The summed E-state index contributed by atoms with van der Waals surface area (Å²) >= 11 is 1.77. The number of thioether (sulfide) groups is 1. The molecule has 0 saturated carbocycles. The number of ether oxygens (including phenoxy) is 3. The summed E-state index contributed by atoms with van der Waals surface area (Å²) in [7, 11) is 1.47. The maximum Gasteiger partial charge on any atom is 0.305 e. The van der Waals surface area contributed by atoms with E-state index in [-0.39, 0.29) is 18.4 Å². The zero-order valence-corrected chi connectivity index (χ0v) is 18.9. The quantitative estimate of drug-likeness (QED) is 0.260. The van der Waals surface area contributed by atoms with E-state index < -0.39 is 18.3 Å². The van der Waals surface area contributed by atoms with E-state index in [0.29, 0.717) is 17.9 Å². The van der Waals surface area contributed by atoms with E-state index in [1.54, 1.807) is 36.0 Å². The van der Waals surface area contributed by atoms with E-state index in [0.717, 1.165) is 24.3 Å². The van der Waals surface area contributed by atoms with Crippen LogP contribution < -0.4 is 15.4 Å². The fraction of sp³-hybridized carbons (Fsp3) is 0.571. The Hall–Kier alpha value is -2.26. The van der Waals surface area contributed by atoms with Gasteiger partial charge in [0.05, 0.1) is 6.61 Å². The Morgan fingerprint density at radius 3 is 2.57 bits per heavy atom. The van der Waals surface area contributed by atoms with E-state index in [1.807, 2.05) is 0 Å². The summed E-state index contributed by atoms with van der Waals surface area (Å²) in [5, 5.41) is 5.49. The maximum absolute atomic E-state index is 12.1. The van der Waals surface area contributed by atoms with Gasteiger partial charge in [-0.3, -0.25) is 14.4 Å². The first kappa shape index (κ1) is 25.8. The van der Waals surface area contributed by atoms with Gasteiger partial charge in [0.1, 0.15) is 11.8 Å². The Balaban J connectivity index is 2.75. The van der Waals surface area contributed by atoms with Gasteiger partial charge >= 0.3 is 5.97 Å². The van der Waals surface area contributed by atoms with Crippen molar-refractivity contribution in [3.05, 3.63) is 24.3 Å². The molecule has 0 aliphatic heterocycles. The van der Waals surface area contributed by atoms with Crippen molar-refractivity contribution in [2.75, 3.05) is 30.5 Å². The third-order valence-corrected chi connectivity index (χ3v) is 4.90.